The molecule has 1 heterocycles. The summed E-state index contributed by atoms with van der Waals surface area (Å²) in [4.78, 5) is 27.1. The van der Waals surface area contributed by atoms with E-state index < -0.39 is 5.97 Å². The van der Waals surface area contributed by atoms with Crippen LogP contribution in [-0.4, -0.2) is 47.5 Å². The van der Waals surface area contributed by atoms with Crippen LogP contribution in [0.2, 0.25) is 0 Å². The van der Waals surface area contributed by atoms with E-state index in [9.17, 15) is 9.59 Å². The van der Waals surface area contributed by atoms with Crippen molar-refractivity contribution >= 4 is 17.7 Å². The number of rotatable bonds is 4. The van der Waals surface area contributed by atoms with E-state index in [0.717, 1.165) is 0 Å². The van der Waals surface area contributed by atoms with E-state index in [4.69, 9.17) is 5.11 Å². The number of nitrogens with one attached hydrogen (secondary N) is 1. The number of likely N-dealkylation sites (N-methyl/N-ethyl adjacent to an activating group) is 1. The van der Waals surface area contributed by atoms with Gasteiger partial charge in [-0.2, -0.15) is 0 Å². The van der Waals surface area contributed by atoms with Gasteiger partial charge in [-0.05, 0) is 12.1 Å². The predicted octanol–water partition coefficient (Wildman–Crippen LogP) is 0.280. The minimum Gasteiger partial charge on any atom is -0.477 e. The van der Waals surface area contributed by atoms with Crippen molar-refractivity contribution in [3.8, 4) is 0 Å². The monoisotopic (exact) mass is 223 g/mol. The fourth-order valence-corrected chi connectivity index (χ4v) is 0.977. The fourth-order valence-electron chi connectivity index (χ4n) is 0.977. The Morgan fingerprint density at radius 2 is 2.12 bits per heavy atom. The van der Waals surface area contributed by atoms with Gasteiger partial charge in [-0.1, -0.05) is 6.07 Å². The van der Waals surface area contributed by atoms with E-state index in [1.165, 1.54) is 11.0 Å². The van der Waals surface area contributed by atoms with E-state index in [1.807, 2.05) is 0 Å². The first-order chi connectivity index (χ1) is 7.50. The summed E-state index contributed by atoms with van der Waals surface area (Å²) in [7, 11) is 3.29. The molecule has 0 aliphatic rings. The van der Waals surface area contributed by atoms with Crippen molar-refractivity contribution in [3.63, 3.8) is 0 Å². The second kappa shape index (κ2) is 5.11. The molecule has 2 N–H and O–H groups in total. The second-order valence-corrected chi connectivity index (χ2v) is 3.35. The van der Waals surface area contributed by atoms with Crippen molar-refractivity contribution in [2.75, 3.05) is 26.0 Å². The summed E-state index contributed by atoms with van der Waals surface area (Å²) in [6.45, 7) is 0.0864. The van der Waals surface area contributed by atoms with Crippen LogP contribution in [0.4, 0.5) is 5.82 Å². The Balaban J connectivity index is 2.64. The third-order valence-corrected chi connectivity index (χ3v) is 1.89. The Hall–Kier alpha value is -2.11. The molecular weight excluding hydrogens is 210 g/mol. The van der Waals surface area contributed by atoms with Crippen LogP contribution in [0.25, 0.3) is 0 Å². The van der Waals surface area contributed by atoms with Crippen LogP contribution < -0.4 is 5.32 Å². The Morgan fingerprint density at radius 3 is 2.69 bits per heavy atom. The molecule has 0 spiro atoms. The van der Waals surface area contributed by atoms with Crippen LogP contribution in [0.5, 0.6) is 0 Å². The number of carboxylic acid groups (broad SMARTS) is 1. The molecule has 0 aliphatic carbocycles. The van der Waals surface area contributed by atoms with E-state index in [1.54, 1.807) is 26.2 Å². The quantitative estimate of drug-likeness (QED) is 0.766. The Labute approximate surface area is 92.9 Å². The highest BCUT2D eigenvalue weighted by atomic mass is 16.4. The predicted molar refractivity (Wildman–Crippen MR) is 58.4 cm³/mol. The number of hydrogen-bond acceptors (Lipinski definition) is 4. The van der Waals surface area contributed by atoms with Crippen molar-refractivity contribution in [2.45, 2.75) is 0 Å². The average molecular weight is 223 g/mol. The van der Waals surface area contributed by atoms with Gasteiger partial charge in [-0.15, -0.1) is 0 Å². The number of aromatic carboxylic acids is 1. The van der Waals surface area contributed by atoms with Crippen LogP contribution in [0.15, 0.2) is 18.2 Å². The Bertz CT molecular complexity index is 404. The molecule has 0 aromatic carbocycles. The van der Waals surface area contributed by atoms with Crippen molar-refractivity contribution in [3.05, 3.63) is 23.9 Å². The number of carboxylic acids is 1. The normalized spacial score (nSPS) is 9.62. The molecule has 86 valence electrons. The first-order valence-electron chi connectivity index (χ1n) is 4.65. The summed E-state index contributed by atoms with van der Waals surface area (Å²) in [6, 6.07) is 4.57. The van der Waals surface area contributed by atoms with Crippen molar-refractivity contribution < 1.29 is 14.7 Å². The van der Waals surface area contributed by atoms with Crippen LogP contribution in [0.3, 0.4) is 0 Å². The second-order valence-electron chi connectivity index (χ2n) is 3.35. The number of carbonyl (C=O) groups excluding carboxylic acids is 1. The van der Waals surface area contributed by atoms with E-state index in [2.05, 4.69) is 10.3 Å². The molecule has 0 saturated heterocycles. The SMILES string of the molecule is CN(C)C(=O)CNc1cccc(C(=O)O)n1. The molecule has 0 unspecified atom stereocenters. The lowest BCUT2D eigenvalue weighted by Gasteiger charge is -2.11. The molecule has 0 atom stereocenters. The minimum atomic E-state index is -1.09. The van der Waals surface area contributed by atoms with Crippen LogP contribution >= 0.6 is 0 Å². The molecule has 1 aromatic rings. The highest BCUT2D eigenvalue weighted by Gasteiger charge is 2.07. The van der Waals surface area contributed by atoms with E-state index >= 15 is 0 Å². The summed E-state index contributed by atoms with van der Waals surface area (Å²) in [5, 5.41) is 11.5. The standard InChI is InChI=1S/C10H13N3O3/c1-13(2)9(14)6-11-8-5-3-4-7(12-8)10(15)16/h3-5H,6H2,1-2H3,(H,11,12)(H,15,16). The maximum atomic E-state index is 11.3. The summed E-state index contributed by atoms with van der Waals surface area (Å²) in [5.74, 6) is -0.833. The summed E-state index contributed by atoms with van der Waals surface area (Å²) in [5.41, 5.74) is -0.0534. The topological polar surface area (TPSA) is 82.5 Å². The van der Waals surface area contributed by atoms with Crippen LogP contribution in [-0.2, 0) is 4.79 Å². The number of anilines is 1. The maximum Gasteiger partial charge on any atom is 0.354 e. The number of amides is 1. The largest absolute Gasteiger partial charge is 0.477 e. The highest BCUT2D eigenvalue weighted by Crippen LogP contribution is 2.04. The van der Waals surface area contributed by atoms with Gasteiger partial charge in [-0.25, -0.2) is 9.78 Å². The molecule has 1 amide bonds. The van der Waals surface area contributed by atoms with Gasteiger partial charge >= 0.3 is 5.97 Å². The number of aromatic nitrogens is 1. The zero-order valence-electron chi connectivity index (χ0n) is 9.10. The summed E-state index contributed by atoms with van der Waals surface area (Å²) >= 11 is 0. The fraction of sp³-hybridized carbons (Fsp3) is 0.300. The number of pyridine rings is 1. The molecule has 0 saturated carbocycles. The van der Waals surface area contributed by atoms with Crippen molar-refractivity contribution in [1.29, 1.82) is 0 Å². The molecule has 16 heavy (non-hydrogen) atoms. The zero-order chi connectivity index (χ0) is 12.1. The molecule has 1 aromatic heterocycles. The smallest absolute Gasteiger partial charge is 0.354 e. The van der Waals surface area contributed by atoms with Gasteiger partial charge < -0.3 is 15.3 Å². The Morgan fingerprint density at radius 1 is 1.44 bits per heavy atom. The summed E-state index contributed by atoms with van der Waals surface area (Å²) < 4.78 is 0. The first kappa shape index (κ1) is 12.0. The summed E-state index contributed by atoms with van der Waals surface area (Å²) in [6.07, 6.45) is 0. The molecule has 1 rings (SSSR count). The Kier molecular flexibility index (Phi) is 3.82. The molecule has 6 nitrogen and oxygen atoms in total. The van der Waals surface area contributed by atoms with Gasteiger partial charge in [0.25, 0.3) is 0 Å². The number of carbonyl (C=O) groups is 2. The molecule has 0 bridgehead atoms. The van der Waals surface area contributed by atoms with Gasteiger partial charge in [0, 0.05) is 14.1 Å². The van der Waals surface area contributed by atoms with Gasteiger partial charge in [0.05, 0.1) is 6.54 Å². The van der Waals surface area contributed by atoms with Gasteiger partial charge in [0.2, 0.25) is 5.91 Å². The first-order valence-corrected chi connectivity index (χ1v) is 4.65. The van der Waals surface area contributed by atoms with Gasteiger partial charge in [0.1, 0.15) is 5.82 Å². The molecule has 6 heteroatoms. The van der Waals surface area contributed by atoms with Crippen LogP contribution in [0, 0.1) is 0 Å². The van der Waals surface area contributed by atoms with Gasteiger partial charge in [-0.3, -0.25) is 4.79 Å². The molecule has 0 radical (unpaired) electrons. The molecule has 0 aliphatic heterocycles. The third-order valence-electron chi connectivity index (χ3n) is 1.89. The zero-order valence-corrected chi connectivity index (χ0v) is 9.10. The van der Waals surface area contributed by atoms with E-state index in [-0.39, 0.29) is 18.1 Å². The van der Waals surface area contributed by atoms with Crippen molar-refractivity contribution in [2.24, 2.45) is 0 Å². The van der Waals surface area contributed by atoms with E-state index in [0.29, 0.717) is 5.82 Å². The highest BCUT2D eigenvalue weighted by molar-refractivity contribution is 5.86. The third kappa shape index (κ3) is 3.23. The van der Waals surface area contributed by atoms with Gasteiger partial charge in [0.15, 0.2) is 5.69 Å². The lowest BCUT2D eigenvalue weighted by Crippen LogP contribution is -2.28. The minimum absolute atomic E-state index is 0.0534. The van der Waals surface area contributed by atoms with Crippen LogP contribution in [0.1, 0.15) is 10.5 Å². The average Bonchev–Trinajstić information content (AvgIpc) is 2.26. The molecular formula is C10H13N3O3. The van der Waals surface area contributed by atoms with Crippen molar-refractivity contribution in [1.82, 2.24) is 9.88 Å². The number of hydrogen-bond donors (Lipinski definition) is 2. The molecule has 0 fully saturated rings. The lowest BCUT2D eigenvalue weighted by molar-refractivity contribution is -0.126. The maximum absolute atomic E-state index is 11.3. The number of nitrogens with zero attached hydrogens (tertiary/aromatic N) is 2. The lowest BCUT2D eigenvalue weighted by atomic mass is 10.3.